The molecule has 7 nitrogen and oxygen atoms in total. The van der Waals surface area contributed by atoms with Crippen molar-refractivity contribution in [2.45, 2.75) is 6.54 Å². The molecule has 3 rings (SSSR count). The Morgan fingerprint density at radius 1 is 1.23 bits per heavy atom. The molecule has 0 atom stereocenters. The maximum absolute atomic E-state index is 12.2. The highest BCUT2D eigenvalue weighted by molar-refractivity contribution is 5.91. The van der Waals surface area contributed by atoms with Gasteiger partial charge in [0.25, 0.3) is 5.91 Å². The SMILES string of the molecule is CN(Cc1cc2ccccc2o1)C(=O)c1ccc([N+](=O)[O-])o1. The average molecular weight is 300 g/mol. The third-order valence-electron chi connectivity index (χ3n) is 3.20. The second-order valence-corrected chi connectivity index (χ2v) is 4.81. The predicted octanol–water partition coefficient (Wildman–Crippen LogP) is 3.21. The fourth-order valence-corrected chi connectivity index (χ4v) is 2.15. The number of hydrogen-bond acceptors (Lipinski definition) is 5. The molecule has 0 saturated heterocycles. The summed E-state index contributed by atoms with van der Waals surface area (Å²) in [5.41, 5.74) is 0.743. The van der Waals surface area contributed by atoms with E-state index >= 15 is 0 Å². The summed E-state index contributed by atoms with van der Waals surface area (Å²) in [5, 5.41) is 11.5. The highest BCUT2D eigenvalue weighted by Gasteiger charge is 2.21. The maximum Gasteiger partial charge on any atom is 0.433 e. The molecule has 0 spiro atoms. The number of furan rings is 2. The number of fused-ring (bicyclic) bond motifs is 1. The Kier molecular flexibility index (Phi) is 3.38. The van der Waals surface area contributed by atoms with E-state index in [1.165, 1.54) is 11.0 Å². The van der Waals surface area contributed by atoms with Gasteiger partial charge in [0.2, 0.25) is 0 Å². The minimum Gasteiger partial charge on any atom is -0.459 e. The number of nitrogens with zero attached hydrogens (tertiary/aromatic N) is 2. The van der Waals surface area contributed by atoms with Gasteiger partial charge < -0.3 is 13.7 Å². The Hall–Kier alpha value is -3.09. The molecule has 0 radical (unpaired) electrons. The largest absolute Gasteiger partial charge is 0.459 e. The van der Waals surface area contributed by atoms with Crippen LogP contribution < -0.4 is 0 Å². The van der Waals surface area contributed by atoms with E-state index in [0.717, 1.165) is 17.0 Å². The Morgan fingerprint density at radius 2 is 2.00 bits per heavy atom. The monoisotopic (exact) mass is 300 g/mol. The quantitative estimate of drug-likeness (QED) is 0.545. The third kappa shape index (κ3) is 2.56. The second-order valence-electron chi connectivity index (χ2n) is 4.81. The van der Waals surface area contributed by atoms with Crippen molar-refractivity contribution in [2.24, 2.45) is 0 Å². The smallest absolute Gasteiger partial charge is 0.433 e. The molecule has 22 heavy (non-hydrogen) atoms. The van der Waals surface area contributed by atoms with Gasteiger partial charge in [-0.05, 0) is 18.2 Å². The lowest BCUT2D eigenvalue weighted by Gasteiger charge is -2.13. The van der Waals surface area contributed by atoms with Crippen LogP contribution in [0.25, 0.3) is 11.0 Å². The molecule has 0 bridgehead atoms. The molecule has 2 aromatic heterocycles. The fourth-order valence-electron chi connectivity index (χ4n) is 2.15. The van der Waals surface area contributed by atoms with Gasteiger partial charge in [-0.1, -0.05) is 18.2 Å². The lowest BCUT2D eigenvalue weighted by molar-refractivity contribution is -0.402. The number of para-hydroxylation sites is 1. The summed E-state index contributed by atoms with van der Waals surface area (Å²) < 4.78 is 10.5. The van der Waals surface area contributed by atoms with Gasteiger partial charge in [0.1, 0.15) is 16.3 Å². The topological polar surface area (TPSA) is 89.7 Å². The van der Waals surface area contributed by atoms with Crippen molar-refractivity contribution in [3.05, 3.63) is 64.1 Å². The van der Waals surface area contributed by atoms with Gasteiger partial charge in [-0.15, -0.1) is 0 Å². The molecule has 2 heterocycles. The van der Waals surface area contributed by atoms with Gasteiger partial charge in [-0.3, -0.25) is 14.9 Å². The van der Waals surface area contributed by atoms with Gasteiger partial charge in [0.05, 0.1) is 12.6 Å². The summed E-state index contributed by atoms with van der Waals surface area (Å²) in [5.74, 6) is -0.363. The molecule has 0 saturated carbocycles. The molecule has 7 heteroatoms. The van der Waals surface area contributed by atoms with Crippen LogP contribution in [0.5, 0.6) is 0 Å². The predicted molar refractivity (Wildman–Crippen MR) is 77.4 cm³/mol. The van der Waals surface area contributed by atoms with Gasteiger partial charge in [0.15, 0.2) is 5.76 Å². The molecular weight excluding hydrogens is 288 g/mol. The summed E-state index contributed by atoms with van der Waals surface area (Å²) in [6, 6.07) is 11.8. The van der Waals surface area contributed by atoms with Crippen LogP contribution in [-0.4, -0.2) is 22.8 Å². The van der Waals surface area contributed by atoms with Crippen molar-refractivity contribution in [2.75, 3.05) is 7.05 Å². The van der Waals surface area contributed by atoms with Crippen LogP contribution in [0.3, 0.4) is 0 Å². The highest BCUT2D eigenvalue weighted by atomic mass is 16.6. The summed E-state index contributed by atoms with van der Waals surface area (Å²) in [6.07, 6.45) is 0. The van der Waals surface area contributed by atoms with E-state index in [1.807, 2.05) is 30.3 Å². The van der Waals surface area contributed by atoms with Crippen molar-refractivity contribution in [3.8, 4) is 0 Å². The van der Waals surface area contributed by atoms with Crippen molar-refractivity contribution in [1.29, 1.82) is 0 Å². The van der Waals surface area contributed by atoms with Gasteiger partial charge >= 0.3 is 5.88 Å². The van der Waals surface area contributed by atoms with E-state index in [9.17, 15) is 14.9 Å². The zero-order valence-electron chi connectivity index (χ0n) is 11.7. The minimum atomic E-state index is -0.684. The lowest BCUT2D eigenvalue weighted by atomic mass is 10.2. The Labute approximate surface area is 124 Å². The summed E-state index contributed by atoms with van der Waals surface area (Å²) in [6.45, 7) is 0.238. The van der Waals surface area contributed by atoms with Crippen molar-refractivity contribution >= 4 is 22.8 Å². The molecule has 1 amide bonds. The first-order valence-electron chi connectivity index (χ1n) is 6.52. The van der Waals surface area contributed by atoms with Crippen molar-refractivity contribution in [1.82, 2.24) is 4.90 Å². The summed E-state index contributed by atoms with van der Waals surface area (Å²) in [7, 11) is 1.57. The molecule has 0 fully saturated rings. The molecular formula is C15H12N2O5. The van der Waals surface area contributed by atoms with E-state index < -0.39 is 16.7 Å². The first-order valence-corrected chi connectivity index (χ1v) is 6.52. The van der Waals surface area contributed by atoms with Gasteiger partial charge in [0, 0.05) is 12.4 Å². The van der Waals surface area contributed by atoms with Gasteiger partial charge in [-0.25, -0.2) is 0 Å². The average Bonchev–Trinajstić information content (AvgIpc) is 3.12. The molecule has 0 aliphatic carbocycles. The standard InChI is InChI=1S/C15H12N2O5/c1-16(15(18)13-6-7-14(22-13)17(19)20)9-11-8-10-4-2-3-5-12(10)21-11/h2-8H,9H2,1H3. The van der Waals surface area contributed by atoms with Gasteiger partial charge in [-0.2, -0.15) is 0 Å². The van der Waals surface area contributed by atoms with E-state index in [2.05, 4.69) is 0 Å². The Balaban J connectivity index is 1.76. The number of carbonyl (C=O) groups excluding carboxylic acids is 1. The third-order valence-corrected chi connectivity index (χ3v) is 3.20. The van der Waals surface area contributed by atoms with E-state index in [1.54, 1.807) is 7.05 Å². The van der Waals surface area contributed by atoms with Crippen LogP contribution in [0, 0.1) is 10.1 Å². The molecule has 0 aliphatic rings. The highest BCUT2D eigenvalue weighted by Crippen LogP contribution is 2.21. The number of rotatable bonds is 4. The van der Waals surface area contributed by atoms with E-state index in [-0.39, 0.29) is 12.3 Å². The first kappa shape index (κ1) is 13.9. The first-order chi connectivity index (χ1) is 10.5. The van der Waals surface area contributed by atoms with Crippen LogP contribution >= 0.6 is 0 Å². The lowest BCUT2D eigenvalue weighted by Crippen LogP contribution is -2.25. The molecule has 3 aromatic rings. The summed E-state index contributed by atoms with van der Waals surface area (Å²) >= 11 is 0. The van der Waals surface area contributed by atoms with Crippen molar-refractivity contribution < 1.29 is 18.6 Å². The fraction of sp³-hybridized carbons (Fsp3) is 0.133. The van der Waals surface area contributed by atoms with Crippen LogP contribution in [0.2, 0.25) is 0 Å². The normalized spacial score (nSPS) is 10.8. The molecule has 0 aliphatic heterocycles. The van der Waals surface area contributed by atoms with E-state index in [0.29, 0.717) is 5.76 Å². The van der Waals surface area contributed by atoms with Crippen LogP contribution in [-0.2, 0) is 6.54 Å². The number of hydrogen-bond donors (Lipinski definition) is 0. The number of nitro groups is 1. The van der Waals surface area contributed by atoms with Crippen LogP contribution in [0.4, 0.5) is 5.88 Å². The number of amides is 1. The van der Waals surface area contributed by atoms with Crippen molar-refractivity contribution in [3.63, 3.8) is 0 Å². The molecule has 0 unspecified atom stereocenters. The van der Waals surface area contributed by atoms with Crippen LogP contribution in [0.15, 0.2) is 51.3 Å². The Bertz CT molecular complexity index is 815. The molecule has 0 N–H and O–H groups in total. The number of carbonyl (C=O) groups is 1. The molecule has 112 valence electrons. The summed E-state index contributed by atoms with van der Waals surface area (Å²) in [4.78, 5) is 23.4. The zero-order valence-corrected chi connectivity index (χ0v) is 11.7. The second kappa shape index (κ2) is 5.36. The van der Waals surface area contributed by atoms with Crippen LogP contribution in [0.1, 0.15) is 16.3 Å². The molecule has 1 aromatic carbocycles. The zero-order chi connectivity index (χ0) is 15.7. The maximum atomic E-state index is 12.2. The number of benzene rings is 1. The Morgan fingerprint density at radius 3 is 2.68 bits per heavy atom. The minimum absolute atomic E-state index is 0.0784. The van der Waals surface area contributed by atoms with E-state index in [4.69, 9.17) is 8.83 Å².